The van der Waals surface area contributed by atoms with Crippen LogP contribution in [0, 0.1) is 0 Å². The molecule has 17 heavy (non-hydrogen) atoms. The maximum atomic E-state index is 12.4. The second-order valence-corrected chi connectivity index (χ2v) is 4.42. The first-order chi connectivity index (χ1) is 8.36. The Morgan fingerprint density at radius 3 is 2.82 bits per heavy atom. The van der Waals surface area contributed by atoms with Gasteiger partial charge in [-0.05, 0) is 31.4 Å². The van der Waals surface area contributed by atoms with Crippen LogP contribution in [0.25, 0.3) is 5.65 Å². The van der Waals surface area contributed by atoms with Crippen LogP contribution in [-0.4, -0.2) is 33.3 Å². The summed E-state index contributed by atoms with van der Waals surface area (Å²) in [6, 6.07) is 5.66. The third-order valence-electron chi connectivity index (χ3n) is 3.29. The Labute approximate surface area is 99.9 Å². The Kier molecular flexibility index (Phi) is 2.55. The van der Waals surface area contributed by atoms with Crippen molar-refractivity contribution in [2.75, 3.05) is 13.1 Å². The van der Waals surface area contributed by atoms with E-state index >= 15 is 0 Å². The number of pyridine rings is 1. The number of fused-ring (bicyclic) bond motifs is 1. The summed E-state index contributed by atoms with van der Waals surface area (Å²) in [5.41, 5.74) is 1.54. The molecule has 1 amide bonds. The van der Waals surface area contributed by atoms with Crippen molar-refractivity contribution >= 4 is 11.6 Å². The van der Waals surface area contributed by atoms with E-state index in [-0.39, 0.29) is 5.91 Å². The van der Waals surface area contributed by atoms with E-state index in [1.807, 2.05) is 33.7 Å². The van der Waals surface area contributed by atoms with Gasteiger partial charge in [0.2, 0.25) is 0 Å². The van der Waals surface area contributed by atoms with Gasteiger partial charge < -0.3 is 4.90 Å². The van der Waals surface area contributed by atoms with Crippen molar-refractivity contribution in [1.82, 2.24) is 14.3 Å². The molecular formula is C13H15N3O. The topological polar surface area (TPSA) is 37.6 Å². The number of rotatable bonds is 1. The van der Waals surface area contributed by atoms with E-state index in [9.17, 15) is 4.79 Å². The second-order valence-electron chi connectivity index (χ2n) is 4.42. The van der Waals surface area contributed by atoms with Crippen LogP contribution in [0.2, 0.25) is 0 Å². The molecule has 0 radical (unpaired) electrons. The summed E-state index contributed by atoms with van der Waals surface area (Å²) in [4.78, 5) is 18.5. The molecule has 0 aliphatic carbocycles. The van der Waals surface area contributed by atoms with Crippen LogP contribution >= 0.6 is 0 Å². The van der Waals surface area contributed by atoms with E-state index in [1.54, 1.807) is 6.20 Å². The van der Waals surface area contributed by atoms with E-state index in [0.29, 0.717) is 5.69 Å². The summed E-state index contributed by atoms with van der Waals surface area (Å²) < 4.78 is 1.86. The highest BCUT2D eigenvalue weighted by Crippen LogP contribution is 2.14. The first kappa shape index (κ1) is 10.3. The lowest BCUT2D eigenvalue weighted by atomic mass is 10.1. The number of piperidine rings is 1. The van der Waals surface area contributed by atoms with Gasteiger partial charge in [-0.1, -0.05) is 6.07 Å². The van der Waals surface area contributed by atoms with Gasteiger partial charge in [0.15, 0.2) is 0 Å². The minimum Gasteiger partial charge on any atom is -0.337 e. The van der Waals surface area contributed by atoms with Crippen molar-refractivity contribution < 1.29 is 4.79 Å². The first-order valence-electron chi connectivity index (χ1n) is 6.07. The summed E-state index contributed by atoms with van der Waals surface area (Å²) >= 11 is 0. The predicted octanol–water partition coefficient (Wildman–Crippen LogP) is 1.96. The molecule has 0 bridgehead atoms. The zero-order chi connectivity index (χ0) is 11.7. The minimum absolute atomic E-state index is 0.119. The fourth-order valence-electron chi connectivity index (χ4n) is 2.38. The van der Waals surface area contributed by atoms with Crippen molar-refractivity contribution in [3.63, 3.8) is 0 Å². The van der Waals surface area contributed by atoms with Crippen LogP contribution in [-0.2, 0) is 0 Å². The van der Waals surface area contributed by atoms with Gasteiger partial charge in [-0.3, -0.25) is 9.20 Å². The van der Waals surface area contributed by atoms with E-state index < -0.39 is 0 Å². The van der Waals surface area contributed by atoms with Gasteiger partial charge >= 0.3 is 0 Å². The van der Waals surface area contributed by atoms with Gasteiger partial charge in [-0.15, -0.1) is 0 Å². The number of hydrogen-bond acceptors (Lipinski definition) is 2. The van der Waals surface area contributed by atoms with Crippen LogP contribution < -0.4 is 0 Å². The largest absolute Gasteiger partial charge is 0.337 e. The van der Waals surface area contributed by atoms with Crippen molar-refractivity contribution in [3.8, 4) is 0 Å². The zero-order valence-corrected chi connectivity index (χ0v) is 9.67. The third-order valence-corrected chi connectivity index (χ3v) is 3.29. The number of nitrogens with zero attached hydrogens (tertiary/aromatic N) is 3. The van der Waals surface area contributed by atoms with Crippen LogP contribution in [0.3, 0.4) is 0 Å². The first-order valence-corrected chi connectivity index (χ1v) is 6.07. The van der Waals surface area contributed by atoms with Gasteiger partial charge in [-0.2, -0.15) is 0 Å². The molecule has 0 atom stereocenters. The number of imidazole rings is 1. The highest BCUT2D eigenvalue weighted by molar-refractivity contribution is 5.93. The predicted molar refractivity (Wildman–Crippen MR) is 64.9 cm³/mol. The second kappa shape index (κ2) is 4.20. The Hall–Kier alpha value is -1.84. The standard InChI is InChI=1S/C13H15N3O/c17-13(15-8-2-1-3-9-15)11-5-4-6-12-14-7-10-16(11)12/h4-7,10H,1-3,8-9H2. The molecule has 4 heteroatoms. The Balaban J connectivity index is 1.97. The van der Waals surface area contributed by atoms with E-state index in [4.69, 9.17) is 0 Å². The lowest BCUT2D eigenvalue weighted by Gasteiger charge is -2.26. The molecule has 1 fully saturated rings. The number of likely N-dealkylation sites (tertiary alicyclic amines) is 1. The summed E-state index contributed by atoms with van der Waals surface area (Å²) in [5.74, 6) is 0.119. The monoisotopic (exact) mass is 229 g/mol. The lowest BCUT2D eigenvalue weighted by Crippen LogP contribution is -2.36. The molecule has 1 saturated heterocycles. The van der Waals surface area contributed by atoms with E-state index in [1.165, 1.54) is 6.42 Å². The average molecular weight is 229 g/mol. The van der Waals surface area contributed by atoms with Crippen molar-refractivity contribution in [2.45, 2.75) is 19.3 Å². The lowest BCUT2D eigenvalue weighted by molar-refractivity contribution is 0.0717. The Morgan fingerprint density at radius 2 is 2.00 bits per heavy atom. The van der Waals surface area contributed by atoms with Crippen LogP contribution in [0.15, 0.2) is 30.6 Å². The highest BCUT2D eigenvalue weighted by atomic mass is 16.2. The maximum Gasteiger partial charge on any atom is 0.270 e. The molecule has 1 aliphatic rings. The molecule has 1 aliphatic heterocycles. The van der Waals surface area contributed by atoms with Gasteiger partial charge in [-0.25, -0.2) is 4.98 Å². The highest BCUT2D eigenvalue weighted by Gasteiger charge is 2.19. The van der Waals surface area contributed by atoms with Crippen molar-refractivity contribution in [2.24, 2.45) is 0 Å². The molecule has 2 aromatic heterocycles. The van der Waals surface area contributed by atoms with Gasteiger partial charge in [0.25, 0.3) is 5.91 Å². The average Bonchev–Trinajstić information content (AvgIpc) is 2.87. The van der Waals surface area contributed by atoms with E-state index in [2.05, 4.69) is 4.98 Å². The maximum absolute atomic E-state index is 12.4. The number of hydrogen-bond donors (Lipinski definition) is 0. The third kappa shape index (κ3) is 1.79. The van der Waals surface area contributed by atoms with Crippen LogP contribution in [0.1, 0.15) is 29.8 Å². The molecule has 0 spiro atoms. The molecular weight excluding hydrogens is 214 g/mol. The van der Waals surface area contributed by atoms with Gasteiger partial charge in [0.1, 0.15) is 11.3 Å². The Bertz CT molecular complexity index is 540. The summed E-state index contributed by atoms with van der Waals surface area (Å²) in [6.07, 6.45) is 7.03. The van der Waals surface area contributed by atoms with E-state index in [0.717, 1.165) is 31.6 Å². The van der Waals surface area contributed by atoms with Gasteiger partial charge in [0, 0.05) is 25.5 Å². The molecule has 3 heterocycles. The molecule has 3 rings (SSSR count). The molecule has 0 saturated carbocycles. The van der Waals surface area contributed by atoms with Crippen molar-refractivity contribution in [1.29, 1.82) is 0 Å². The quantitative estimate of drug-likeness (QED) is 0.749. The number of amides is 1. The summed E-state index contributed by atoms with van der Waals surface area (Å²) in [5, 5.41) is 0. The molecule has 0 aromatic carbocycles. The Morgan fingerprint density at radius 1 is 1.18 bits per heavy atom. The summed E-state index contributed by atoms with van der Waals surface area (Å²) in [6.45, 7) is 1.76. The number of carbonyl (C=O) groups is 1. The number of carbonyl (C=O) groups excluding carboxylic acids is 1. The van der Waals surface area contributed by atoms with Gasteiger partial charge in [0.05, 0.1) is 0 Å². The molecule has 2 aromatic rings. The normalized spacial score (nSPS) is 16.4. The summed E-state index contributed by atoms with van der Waals surface area (Å²) in [7, 11) is 0. The fourth-order valence-corrected chi connectivity index (χ4v) is 2.38. The molecule has 4 nitrogen and oxygen atoms in total. The van der Waals surface area contributed by atoms with Crippen molar-refractivity contribution in [3.05, 3.63) is 36.3 Å². The zero-order valence-electron chi connectivity index (χ0n) is 9.67. The van der Waals surface area contributed by atoms with Crippen LogP contribution in [0.4, 0.5) is 0 Å². The molecule has 0 unspecified atom stereocenters. The fraction of sp³-hybridized carbons (Fsp3) is 0.385. The number of aromatic nitrogens is 2. The SMILES string of the molecule is O=C(c1cccc2nccn12)N1CCCCC1. The smallest absolute Gasteiger partial charge is 0.270 e. The molecule has 88 valence electrons. The van der Waals surface area contributed by atoms with Crippen LogP contribution in [0.5, 0.6) is 0 Å². The minimum atomic E-state index is 0.119. The molecule has 0 N–H and O–H groups in total.